The summed E-state index contributed by atoms with van der Waals surface area (Å²) in [4.78, 5) is 16.2. The van der Waals surface area contributed by atoms with Crippen LogP contribution in [-0.4, -0.2) is 19.6 Å². The van der Waals surface area contributed by atoms with Crippen LogP contribution < -0.4 is 5.56 Å². The van der Waals surface area contributed by atoms with Gasteiger partial charge in [0.05, 0.1) is 11.1 Å². The van der Waals surface area contributed by atoms with Gasteiger partial charge in [0.1, 0.15) is 0 Å². The van der Waals surface area contributed by atoms with Crippen molar-refractivity contribution < 1.29 is 10.2 Å². The number of fused-ring (bicyclic) bond motifs is 1. The Morgan fingerprint density at radius 1 is 1.29 bits per heavy atom. The molecule has 106 valence electrons. The number of benzene rings is 1. The summed E-state index contributed by atoms with van der Waals surface area (Å²) in [5.41, 5.74) is 0.556. The van der Waals surface area contributed by atoms with E-state index in [1.165, 1.54) is 5.38 Å². The molecule has 0 aliphatic rings. The largest absolute Gasteiger partial charge is 0.494 e. The third-order valence-corrected chi connectivity index (χ3v) is 3.59. The summed E-state index contributed by atoms with van der Waals surface area (Å²) in [6, 6.07) is 7.22. The van der Waals surface area contributed by atoms with Gasteiger partial charge in [-0.1, -0.05) is 12.1 Å². The Bertz CT molecular complexity index is 913. The Kier molecular flexibility index (Phi) is 3.15. The number of aromatic nitrogens is 2. The van der Waals surface area contributed by atoms with E-state index >= 15 is 0 Å². The van der Waals surface area contributed by atoms with Crippen LogP contribution in [0.3, 0.4) is 0 Å². The predicted molar refractivity (Wildman–Crippen MR) is 78.0 cm³/mol. The average molecular weight is 302 g/mol. The molecule has 0 fully saturated rings. The van der Waals surface area contributed by atoms with E-state index in [1.54, 1.807) is 12.1 Å². The minimum Gasteiger partial charge on any atom is -0.494 e. The number of azo groups is 1. The fourth-order valence-electron chi connectivity index (χ4n) is 1.81. The van der Waals surface area contributed by atoms with E-state index < -0.39 is 11.4 Å². The summed E-state index contributed by atoms with van der Waals surface area (Å²) < 4.78 is 0.967. The number of aryl methyl sites for hydroxylation is 1. The van der Waals surface area contributed by atoms with Crippen LogP contribution in [0.4, 0.5) is 11.4 Å². The van der Waals surface area contributed by atoms with Crippen molar-refractivity contribution in [2.75, 3.05) is 0 Å². The highest BCUT2D eigenvalue weighted by Crippen LogP contribution is 2.27. The Hall–Kier alpha value is -2.74. The third-order valence-electron chi connectivity index (χ3n) is 2.78. The molecule has 0 saturated heterocycles. The highest BCUT2D eigenvalue weighted by Gasteiger charge is 2.15. The van der Waals surface area contributed by atoms with E-state index in [0.29, 0.717) is 5.69 Å². The maximum atomic E-state index is 12.2. The molecule has 3 rings (SSSR count). The zero-order valence-electron chi connectivity index (χ0n) is 10.9. The highest BCUT2D eigenvalue weighted by molar-refractivity contribution is 7.15. The first-order valence-electron chi connectivity index (χ1n) is 5.97. The number of nitrogens with zero attached hydrogens (tertiary/aromatic N) is 4. The predicted octanol–water partition coefficient (Wildman–Crippen LogP) is 2.89. The minimum atomic E-state index is -0.673. The lowest BCUT2D eigenvalue weighted by Gasteiger charge is -1.99. The van der Waals surface area contributed by atoms with Crippen LogP contribution in [0.2, 0.25) is 0 Å². The van der Waals surface area contributed by atoms with Crippen molar-refractivity contribution in [3.05, 3.63) is 45.6 Å². The summed E-state index contributed by atoms with van der Waals surface area (Å²) in [6.45, 7) is 1.91. The van der Waals surface area contributed by atoms with Crippen LogP contribution in [0.25, 0.3) is 4.96 Å². The van der Waals surface area contributed by atoms with Gasteiger partial charge in [-0.15, -0.1) is 16.5 Å². The van der Waals surface area contributed by atoms with Crippen molar-refractivity contribution in [1.82, 2.24) is 9.38 Å². The molecule has 1 aromatic carbocycles. The van der Waals surface area contributed by atoms with Crippen molar-refractivity contribution >= 4 is 27.7 Å². The molecule has 0 aliphatic carbocycles. The normalized spacial score (nSPS) is 11.5. The molecule has 2 N–H and O–H groups in total. The minimum absolute atomic E-state index is 0.185. The molecular formula is C13H10N4O3S. The first-order valence-corrected chi connectivity index (χ1v) is 6.85. The molecular weight excluding hydrogens is 292 g/mol. The maximum Gasteiger partial charge on any atom is 0.293 e. The van der Waals surface area contributed by atoms with Gasteiger partial charge in [-0.2, -0.15) is 10.1 Å². The quantitative estimate of drug-likeness (QED) is 0.711. The molecule has 0 aliphatic heterocycles. The van der Waals surface area contributed by atoms with E-state index in [4.69, 9.17) is 0 Å². The van der Waals surface area contributed by atoms with Crippen LogP contribution in [0.15, 0.2) is 44.7 Å². The number of aromatic hydroxyl groups is 2. The summed E-state index contributed by atoms with van der Waals surface area (Å²) >= 11 is 1.04. The average Bonchev–Trinajstić information content (AvgIpc) is 2.80. The standard InChI is InChI=1S/C13H10N4O3S/c1-7-3-2-4-8(5-7)15-16-10-11(19)14-13-17(12(10)20)9(18)6-21-13/h2-6,18-19H,1H3. The van der Waals surface area contributed by atoms with Gasteiger partial charge >= 0.3 is 0 Å². The number of hydrogen-bond donors (Lipinski definition) is 2. The molecule has 3 aromatic rings. The lowest BCUT2D eigenvalue weighted by Crippen LogP contribution is -2.12. The van der Waals surface area contributed by atoms with Gasteiger partial charge in [-0.05, 0) is 24.6 Å². The molecule has 0 radical (unpaired) electrons. The smallest absolute Gasteiger partial charge is 0.293 e. The maximum absolute atomic E-state index is 12.2. The molecule has 0 unspecified atom stereocenters. The monoisotopic (exact) mass is 302 g/mol. The van der Waals surface area contributed by atoms with Crippen LogP contribution >= 0.6 is 11.3 Å². The Labute approximate surface area is 122 Å². The molecule has 8 heteroatoms. The van der Waals surface area contributed by atoms with Gasteiger partial charge in [-0.25, -0.2) is 4.40 Å². The Morgan fingerprint density at radius 2 is 2.10 bits per heavy atom. The molecule has 0 bridgehead atoms. The van der Waals surface area contributed by atoms with Crippen LogP contribution in [0.5, 0.6) is 11.8 Å². The molecule has 0 amide bonds. The van der Waals surface area contributed by atoms with Crippen molar-refractivity contribution in [3.63, 3.8) is 0 Å². The number of rotatable bonds is 2. The SMILES string of the molecule is Cc1cccc(N=Nc2c(O)nc3scc(O)n3c2=O)c1. The van der Waals surface area contributed by atoms with E-state index in [-0.39, 0.29) is 16.5 Å². The van der Waals surface area contributed by atoms with Crippen molar-refractivity contribution in [1.29, 1.82) is 0 Å². The van der Waals surface area contributed by atoms with Gasteiger partial charge in [0.2, 0.25) is 22.4 Å². The van der Waals surface area contributed by atoms with Crippen molar-refractivity contribution in [2.45, 2.75) is 6.92 Å². The first kappa shape index (κ1) is 13.3. The van der Waals surface area contributed by atoms with Gasteiger partial charge in [0.15, 0.2) is 0 Å². The first-order chi connectivity index (χ1) is 10.1. The van der Waals surface area contributed by atoms with E-state index in [1.807, 2.05) is 19.1 Å². The van der Waals surface area contributed by atoms with Crippen LogP contribution in [-0.2, 0) is 0 Å². The molecule has 2 heterocycles. The van der Waals surface area contributed by atoms with Crippen LogP contribution in [0.1, 0.15) is 5.56 Å². The summed E-state index contributed by atoms with van der Waals surface area (Å²) in [5, 5.41) is 28.4. The van der Waals surface area contributed by atoms with Gasteiger partial charge in [0, 0.05) is 0 Å². The van der Waals surface area contributed by atoms with E-state index in [2.05, 4.69) is 15.2 Å². The second-order valence-electron chi connectivity index (χ2n) is 4.34. The fourth-order valence-corrected chi connectivity index (χ4v) is 2.54. The molecule has 0 saturated carbocycles. The Morgan fingerprint density at radius 3 is 2.86 bits per heavy atom. The summed E-state index contributed by atoms with van der Waals surface area (Å²) in [5.74, 6) is -0.766. The zero-order chi connectivity index (χ0) is 15.0. The lowest BCUT2D eigenvalue weighted by atomic mass is 10.2. The van der Waals surface area contributed by atoms with E-state index in [9.17, 15) is 15.0 Å². The molecule has 0 atom stereocenters. The number of thiazole rings is 1. The van der Waals surface area contributed by atoms with E-state index in [0.717, 1.165) is 21.3 Å². The molecule has 0 spiro atoms. The van der Waals surface area contributed by atoms with Crippen molar-refractivity contribution in [3.8, 4) is 11.8 Å². The number of hydrogen-bond acceptors (Lipinski definition) is 7. The van der Waals surface area contributed by atoms with Gasteiger partial charge < -0.3 is 10.2 Å². The molecule has 7 nitrogen and oxygen atoms in total. The highest BCUT2D eigenvalue weighted by atomic mass is 32.1. The topological polar surface area (TPSA) is 99.6 Å². The zero-order valence-corrected chi connectivity index (χ0v) is 11.7. The van der Waals surface area contributed by atoms with Crippen LogP contribution in [0, 0.1) is 6.92 Å². The van der Waals surface area contributed by atoms with Gasteiger partial charge in [-0.3, -0.25) is 4.79 Å². The van der Waals surface area contributed by atoms with Gasteiger partial charge in [0.25, 0.3) is 5.56 Å². The lowest BCUT2D eigenvalue weighted by molar-refractivity contribution is 0.439. The summed E-state index contributed by atoms with van der Waals surface area (Å²) in [7, 11) is 0. The Balaban J connectivity index is 2.12. The van der Waals surface area contributed by atoms with Crippen molar-refractivity contribution in [2.24, 2.45) is 10.2 Å². The second kappa shape index (κ2) is 4.98. The molecule has 21 heavy (non-hydrogen) atoms. The second-order valence-corrected chi connectivity index (χ2v) is 5.18. The third kappa shape index (κ3) is 2.36. The molecule has 2 aromatic heterocycles. The fraction of sp³-hybridized carbons (Fsp3) is 0.0769. The summed E-state index contributed by atoms with van der Waals surface area (Å²) in [6.07, 6.45) is 0.